The van der Waals surface area contributed by atoms with Gasteiger partial charge in [0.25, 0.3) is 0 Å². The Balaban J connectivity index is 0.000000222. The molecule has 2 aliphatic heterocycles. The zero-order chi connectivity index (χ0) is 26.0. The van der Waals surface area contributed by atoms with Crippen LogP contribution in [0.15, 0.2) is 67.1 Å². The number of morpholine rings is 1. The van der Waals surface area contributed by atoms with Crippen molar-refractivity contribution in [2.75, 3.05) is 31.6 Å². The smallest absolute Gasteiger partial charge is 0.319 e. The molecule has 37 heavy (non-hydrogen) atoms. The van der Waals surface area contributed by atoms with Gasteiger partial charge in [0.1, 0.15) is 38.2 Å². The second-order valence-corrected chi connectivity index (χ2v) is 8.95. The number of anilines is 1. The van der Waals surface area contributed by atoms with Crippen molar-refractivity contribution < 1.29 is 24.3 Å². The Kier molecular flexibility index (Phi) is 9.01. The van der Waals surface area contributed by atoms with Crippen molar-refractivity contribution in [3.8, 4) is 0 Å². The van der Waals surface area contributed by atoms with Crippen LogP contribution in [0.1, 0.15) is 35.4 Å². The van der Waals surface area contributed by atoms with E-state index in [1.807, 2.05) is 31.2 Å². The molecule has 3 aromatic rings. The van der Waals surface area contributed by atoms with E-state index in [4.69, 9.17) is 4.74 Å². The molecule has 1 aromatic heterocycles. The summed E-state index contributed by atoms with van der Waals surface area (Å²) in [6.07, 6.45) is 1.99. The first-order chi connectivity index (χ1) is 18.0. The van der Waals surface area contributed by atoms with Crippen molar-refractivity contribution in [1.29, 1.82) is 0 Å². The highest BCUT2D eigenvalue weighted by atomic mass is 16.5. The maximum atomic E-state index is 11.6. The Morgan fingerprint density at radius 1 is 1.14 bits per heavy atom. The number of amides is 3. The summed E-state index contributed by atoms with van der Waals surface area (Å²) in [6, 6.07) is 18.4. The normalized spacial score (nSPS) is 18.2. The summed E-state index contributed by atoms with van der Waals surface area (Å²) in [5.74, 6) is 0. The Morgan fingerprint density at radius 3 is 2.62 bits per heavy atom. The number of benzene rings is 2. The molecule has 3 N–H and O–H groups in total. The molecule has 3 heterocycles. The van der Waals surface area contributed by atoms with Crippen LogP contribution in [-0.4, -0.2) is 53.2 Å². The van der Waals surface area contributed by atoms with Crippen LogP contribution in [0.3, 0.4) is 0 Å². The predicted molar refractivity (Wildman–Crippen MR) is 135 cm³/mol. The first-order valence-electron chi connectivity index (χ1n) is 12.4. The Morgan fingerprint density at radius 2 is 1.92 bits per heavy atom. The fourth-order valence-corrected chi connectivity index (χ4v) is 4.37. The molecule has 2 unspecified atom stereocenters. The highest BCUT2D eigenvalue weighted by Crippen LogP contribution is 2.20. The van der Waals surface area contributed by atoms with Crippen molar-refractivity contribution >= 4 is 17.8 Å². The van der Waals surface area contributed by atoms with Gasteiger partial charge >= 0.3 is 6.03 Å². The van der Waals surface area contributed by atoms with Gasteiger partial charge in [0.15, 0.2) is 0 Å². The van der Waals surface area contributed by atoms with Crippen LogP contribution in [0.5, 0.6) is 0 Å². The molecular weight excluding hydrogens is 472 g/mol. The first-order valence-corrected chi connectivity index (χ1v) is 12.4. The van der Waals surface area contributed by atoms with E-state index in [0.29, 0.717) is 19.6 Å². The zero-order valence-corrected chi connectivity index (χ0v) is 20.9. The van der Waals surface area contributed by atoms with Crippen molar-refractivity contribution in [3.63, 3.8) is 0 Å². The van der Waals surface area contributed by atoms with Gasteiger partial charge in [-0.1, -0.05) is 42.5 Å². The van der Waals surface area contributed by atoms with Crippen LogP contribution in [0.4, 0.5) is 15.3 Å². The van der Waals surface area contributed by atoms with Gasteiger partial charge in [-0.05, 0) is 24.6 Å². The quantitative estimate of drug-likeness (QED) is 0.479. The Labute approximate surface area is 216 Å². The fourth-order valence-electron chi connectivity index (χ4n) is 4.37. The van der Waals surface area contributed by atoms with Gasteiger partial charge in [-0.2, -0.15) is 0 Å². The number of carbonyl (C=O) groups excluding carboxylic acids is 2. The van der Waals surface area contributed by atoms with E-state index < -0.39 is 6.09 Å². The summed E-state index contributed by atoms with van der Waals surface area (Å²) in [7, 11) is 0. The average molecular weight is 505 g/mol. The number of hydrogen-bond donors (Lipinski definition) is 3. The second kappa shape index (κ2) is 12.8. The number of fused-ring (bicyclic) bond motifs is 1. The average Bonchev–Trinajstić information content (AvgIpc) is 3.36. The summed E-state index contributed by atoms with van der Waals surface area (Å²) < 4.78 is 5.97. The summed E-state index contributed by atoms with van der Waals surface area (Å²) in [4.78, 5) is 32.5. The predicted octanol–water partition coefficient (Wildman–Crippen LogP) is 1.12. The summed E-state index contributed by atoms with van der Waals surface area (Å²) in [5, 5.41) is 16.0. The summed E-state index contributed by atoms with van der Waals surface area (Å²) >= 11 is 0. The maximum absolute atomic E-state index is 11.6. The molecule has 3 amide bonds. The molecule has 0 aliphatic carbocycles. The molecule has 0 saturated carbocycles. The van der Waals surface area contributed by atoms with Crippen LogP contribution < -0.4 is 20.6 Å². The third kappa shape index (κ3) is 7.48. The number of aromatic nitrogens is 2. The van der Waals surface area contributed by atoms with Crippen molar-refractivity contribution in [1.82, 2.24) is 20.2 Å². The van der Waals surface area contributed by atoms with E-state index >= 15 is 0 Å². The molecule has 0 radical (unpaired) electrons. The van der Waals surface area contributed by atoms with Gasteiger partial charge in [-0.3, -0.25) is 0 Å². The van der Waals surface area contributed by atoms with Crippen molar-refractivity contribution in [2.24, 2.45) is 0 Å². The highest BCUT2D eigenvalue weighted by Gasteiger charge is 2.25. The summed E-state index contributed by atoms with van der Waals surface area (Å²) in [6.45, 7) is 6.95. The van der Waals surface area contributed by atoms with Gasteiger partial charge in [0, 0.05) is 36.1 Å². The third-order valence-electron chi connectivity index (χ3n) is 6.26. The van der Waals surface area contributed by atoms with Gasteiger partial charge in [0.05, 0.1) is 18.8 Å². The molecule has 2 aliphatic rings. The van der Waals surface area contributed by atoms with Gasteiger partial charge < -0.3 is 35.1 Å². The van der Waals surface area contributed by atoms with Crippen LogP contribution in [-0.2, 0) is 24.4 Å². The van der Waals surface area contributed by atoms with Crippen LogP contribution >= 0.6 is 0 Å². The minimum atomic E-state index is -1.16. The lowest BCUT2D eigenvalue weighted by Gasteiger charge is -2.30. The summed E-state index contributed by atoms with van der Waals surface area (Å²) in [5.41, 5.74) is 4.95. The number of hydrogen-bond acceptors (Lipinski definition) is 6. The van der Waals surface area contributed by atoms with Crippen LogP contribution in [0.25, 0.3) is 0 Å². The fraction of sp³-hybridized carbons (Fsp3) is 0.333. The zero-order valence-electron chi connectivity index (χ0n) is 20.9. The van der Waals surface area contributed by atoms with E-state index in [2.05, 4.69) is 50.9 Å². The molecular formula is C27H32N6O4. The van der Waals surface area contributed by atoms with Crippen molar-refractivity contribution in [2.45, 2.75) is 32.7 Å². The van der Waals surface area contributed by atoms with E-state index in [1.54, 1.807) is 6.20 Å². The van der Waals surface area contributed by atoms with Gasteiger partial charge in [-0.15, -0.1) is 0 Å². The monoisotopic (exact) mass is 504 g/mol. The largest absolute Gasteiger partial charge is 0.530 e. The molecule has 0 spiro atoms. The Bertz CT molecular complexity index is 1150. The number of carboxylic acid groups (broad SMARTS) is 1. The molecule has 1 fully saturated rings. The van der Waals surface area contributed by atoms with Crippen LogP contribution in [0.2, 0.25) is 0 Å². The van der Waals surface area contributed by atoms with Crippen molar-refractivity contribution in [3.05, 3.63) is 89.5 Å². The van der Waals surface area contributed by atoms with E-state index in [-0.39, 0.29) is 12.1 Å². The number of urea groups is 1. The third-order valence-corrected chi connectivity index (χ3v) is 6.26. The minimum absolute atomic E-state index is 0.103. The molecule has 0 bridgehead atoms. The Hall–Kier alpha value is -4.02. The maximum Gasteiger partial charge on any atom is 0.319 e. The molecule has 10 nitrogen and oxygen atoms in total. The first kappa shape index (κ1) is 26.1. The number of nitrogens with zero attached hydrogens (tertiary/aromatic N) is 3. The molecule has 2 atom stereocenters. The van der Waals surface area contributed by atoms with Gasteiger partial charge in [0.2, 0.25) is 0 Å². The molecule has 2 aromatic carbocycles. The standard InChI is InChI=1S/C20H25N3O2.C7H7N3O2/c1-2-21-20(24)22-18-10-8-17(9-11-18)19-15-23(12-13-25-19)14-16-6-4-3-5-7-16;11-7(12)10-2-5-1-8-4-9-6(5)3-10/h3-11,19H,2,12-15H2,1H3,(H2,21,22,24);1,4H,2-3H2,(H,11,12). The lowest BCUT2D eigenvalue weighted by Crippen LogP contribution is -3.12. The van der Waals surface area contributed by atoms with E-state index in [9.17, 15) is 14.7 Å². The van der Waals surface area contributed by atoms with Crippen LogP contribution in [0, 0.1) is 0 Å². The number of nitrogens with one attached hydrogen (secondary N) is 3. The number of ether oxygens (including phenoxy) is 1. The minimum Gasteiger partial charge on any atom is -0.530 e. The second-order valence-electron chi connectivity index (χ2n) is 8.95. The molecule has 10 heteroatoms. The molecule has 1 saturated heterocycles. The topological polar surface area (TPSA) is 124 Å². The number of quaternary nitrogens is 1. The number of rotatable bonds is 5. The molecule has 5 rings (SSSR count). The lowest BCUT2D eigenvalue weighted by atomic mass is 10.1. The van der Waals surface area contributed by atoms with Gasteiger partial charge in [-0.25, -0.2) is 14.8 Å². The van der Waals surface area contributed by atoms with E-state index in [1.165, 1.54) is 21.7 Å². The lowest BCUT2D eigenvalue weighted by molar-refractivity contribution is -0.926. The highest BCUT2D eigenvalue weighted by molar-refractivity contribution is 5.89. The van der Waals surface area contributed by atoms with E-state index in [0.717, 1.165) is 48.7 Å². The SMILES string of the molecule is CCNC(=O)Nc1ccc(C2C[NH+](Cc3ccccc3)CCO2)cc1.O=C([O-])N1Cc2cncnc2C1. The molecule has 194 valence electrons. The number of carbonyl (C=O) groups is 2.